The predicted molar refractivity (Wildman–Crippen MR) is 86.6 cm³/mol. The summed E-state index contributed by atoms with van der Waals surface area (Å²) in [6.45, 7) is 2.01. The van der Waals surface area contributed by atoms with E-state index < -0.39 is 5.06 Å². The molecule has 2 nitrogen and oxygen atoms in total. The fraction of sp³-hybridized carbons (Fsp3) is 0.167. The van der Waals surface area contributed by atoms with Crippen LogP contribution < -0.4 is 4.74 Å². The average Bonchev–Trinajstić information content (AvgIpc) is 2.56. The molecule has 0 aliphatic heterocycles. The third kappa shape index (κ3) is 2.72. The van der Waals surface area contributed by atoms with Crippen LogP contribution >= 0.6 is 11.6 Å². The van der Waals surface area contributed by atoms with Crippen molar-refractivity contribution < 1.29 is 4.74 Å². The van der Waals surface area contributed by atoms with Crippen LogP contribution in [0.4, 0.5) is 0 Å². The van der Waals surface area contributed by atoms with Crippen LogP contribution in [0.2, 0.25) is 0 Å². The first-order chi connectivity index (χ1) is 10.2. The zero-order valence-corrected chi connectivity index (χ0v) is 12.5. The molecular weight excluding hydrogens is 282 g/mol. The molecule has 0 N–H and O–H groups in total. The third-order valence-corrected chi connectivity index (χ3v) is 4.13. The van der Waals surface area contributed by atoms with Gasteiger partial charge in [0, 0.05) is 29.0 Å². The zero-order chi connectivity index (χ0) is 14.7. The highest BCUT2D eigenvalue weighted by Crippen LogP contribution is 2.37. The number of hydrogen-bond acceptors (Lipinski definition) is 2. The lowest BCUT2D eigenvalue weighted by Gasteiger charge is -2.28. The number of ether oxygens (including phenoxy) is 1. The van der Waals surface area contributed by atoms with Crippen molar-refractivity contribution in [1.82, 2.24) is 4.98 Å². The summed E-state index contributed by atoms with van der Waals surface area (Å²) in [7, 11) is 0. The largest absolute Gasteiger partial charge is 0.465 e. The lowest BCUT2D eigenvalue weighted by molar-refractivity contribution is 0.155. The zero-order valence-electron chi connectivity index (χ0n) is 11.8. The summed E-state index contributed by atoms with van der Waals surface area (Å²) in [6.07, 6.45) is 4.20. The average molecular weight is 298 g/mol. The van der Waals surface area contributed by atoms with E-state index in [-0.39, 0.29) is 0 Å². The van der Waals surface area contributed by atoms with Crippen molar-refractivity contribution in [2.75, 3.05) is 0 Å². The van der Waals surface area contributed by atoms with Gasteiger partial charge < -0.3 is 4.74 Å². The summed E-state index contributed by atoms with van der Waals surface area (Å²) in [4.78, 5) is 4.24. The van der Waals surface area contributed by atoms with Crippen molar-refractivity contribution in [2.24, 2.45) is 0 Å². The number of benzene rings is 2. The van der Waals surface area contributed by atoms with Gasteiger partial charge in [-0.2, -0.15) is 0 Å². The molecule has 0 radical (unpaired) electrons. The molecule has 1 atom stereocenters. The maximum Gasteiger partial charge on any atom is 0.208 e. The topological polar surface area (TPSA) is 22.1 Å². The molecule has 0 spiro atoms. The molecule has 0 bridgehead atoms. The minimum absolute atomic E-state index is 0.655. The second-order valence-electron chi connectivity index (χ2n) is 4.91. The second-order valence-corrected chi connectivity index (χ2v) is 5.52. The van der Waals surface area contributed by atoms with E-state index in [0.29, 0.717) is 12.2 Å². The van der Waals surface area contributed by atoms with Gasteiger partial charge >= 0.3 is 0 Å². The quantitative estimate of drug-likeness (QED) is 0.624. The van der Waals surface area contributed by atoms with E-state index in [0.717, 1.165) is 16.3 Å². The molecule has 1 aromatic heterocycles. The van der Waals surface area contributed by atoms with E-state index in [1.807, 2.05) is 67.7 Å². The molecule has 3 rings (SSSR count). The van der Waals surface area contributed by atoms with Gasteiger partial charge in [0.2, 0.25) is 5.06 Å². The van der Waals surface area contributed by atoms with Gasteiger partial charge in [0.25, 0.3) is 0 Å². The van der Waals surface area contributed by atoms with E-state index >= 15 is 0 Å². The first kappa shape index (κ1) is 13.9. The van der Waals surface area contributed by atoms with Crippen LogP contribution in [0.25, 0.3) is 10.8 Å². The summed E-state index contributed by atoms with van der Waals surface area (Å²) in [6, 6.07) is 17.9. The molecule has 3 heteroatoms. The Bertz CT molecular complexity index is 739. The van der Waals surface area contributed by atoms with Crippen molar-refractivity contribution >= 4 is 22.4 Å². The summed E-state index contributed by atoms with van der Waals surface area (Å²) in [5.74, 6) is 0.703. The molecule has 1 heterocycles. The maximum atomic E-state index is 6.73. The van der Waals surface area contributed by atoms with Gasteiger partial charge in [-0.3, -0.25) is 4.98 Å². The van der Waals surface area contributed by atoms with E-state index in [1.165, 1.54) is 0 Å². The van der Waals surface area contributed by atoms with Crippen LogP contribution in [0.5, 0.6) is 5.75 Å². The molecule has 0 saturated carbocycles. The molecule has 2 aromatic carbocycles. The lowest BCUT2D eigenvalue weighted by atomic mass is 10.1. The molecule has 3 aromatic rings. The molecule has 0 unspecified atom stereocenters. The smallest absolute Gasteiger partial charge is 0.208 e. The minimum Gasteiger partial charge on any atom is -0.465 e. The van der Waals surface area contributed by atoms with Gasteiger partial charge in [-0.15, -0.1) is 0 Å². The lowest BCUT2D eigenvalue weighted by Crippen LogP contribution is -2.25. The minimum atomic E-state index is -0.882. The van der Waals surface area contributed by atoms with Crippen LogP contribution in [0.3, 0.4) is 0 Å². The number of pyridine rings is 1. The van der Waals surface area contributed by atoms with Crippen molar-refractivity contribution in [3.8, 4) is 5.75 Å². The Hall–Kier alpha value is -2.06. The van der Waals surface area contributed by atoms with Gasteiger partial charge in [-0.1, -0.05) is 73.1 Å². The van der Waals surface area contributed by atoms with Crippen molar-refractivity contribution in [3.05, 3.63) is 72.6 Å². The molecule has 0 aliphatic carbocycles. The number of halogens is 1. The summed E-state index contributed by atoms with van der Waals surface area (Å²) in [5.41, 5.74) is 0.946. The molecule has 0 aliphatic rings. The third-order valence-electron chi connectivity index (χ3n) is 3.56. The van der Waals surface area contributed by atoms with E-state index in [2.05, 4.69) is 4.98 Å². The number of hydrogen-bond donors (Lipinski definition) is 0. The van der Waals surface area contributed by atoms with Gasteiger partial charge in [0.1, 0.15) is 5.75 Å². The standard InChI is InChI=1S/C18H16ClNO/c1-2-18(19,15-9-4-3-5-10-15)21-17-13-20-12-14-8-6-7-11-16(14)17/h3-13H,2H2,1H3/t18-/m1/s1. The summed E-state index contributed by atoms with van der Waals surface area (Å²) >= 11 is 6.73. The molecule has 21 heavy (non-hydrogen) atoms. The highest BCUT2D eigenvalue weighted by molar-refractivity contribution is 6.23. The van der Waals surface area contributed by atoms with Crippen LogP contribution in [-0.4, -0.2) is 4.98 Å². The maximum absolute atomic E-state index is 6.73. The predicted octanol–water partition coefficient (Wildman–Crippen LogP) is 5.12. The summed E-state index contributed by atoms with van der Waals surface area (Å²) < 4.78 is 6.15. The van der Waals surface area contributed by atoms with Gasteiger partial charge in [0.05, 0.1) is 6.20 Å². The Kier molecular flexibility index (Phi) is 3.80. The second kappa shape index (κ2) is 5.74. The van der Waals surface area contributed by atoms with E-state index in [9.17, 15) is 0 Å². The fourth-order valence-electron chi connectivity index (χ4n) is 2.37. The van der Waals surface area contributed by atoms with Crippen LogP contribution in [0, 0.1) is 0 Å². The SMILES string of the molecule is CC[C@@](Cl)(Oc1cncc2ccccc12)c1ccccc1. The Balaban J connectivity index is 2.04. The fourth-order valence-corrected chi connectivity index (χ4v) is 2.58. The number of rotatable bonds is 4. The van der Waals surface area contributed by atoms with Crippen LogP contribution in [0.1, 0.15) is 18.9 Å². The molecule has 0 fully saturated rings. The van der Waals surface area contributed by atoms with Crippen LogP contribution in [0.15, 0.2) is 67.0 Å². The van der Waals surface area contributed by atoms with E-state index in [1.54, 1.807) is 6.20 Å². The Labute approximate surface area is 129 Å². The van der Waals surface area contributed by atoms with Gasteiger partial charge in [0.15, 0.2) is 0 Å². The molecule has 0 saturated heterocycles. The highest BCUT2D eigenvalue weighted by atomic mass is 35.5. The molecule has 106 valence electrons. The van der Waals surface area contributed by atoms with E-state index in [4.69, 9.17) is 16.3 Å². The molecular formula is C18H16ClNO. The van der Waals surface area contributed by atoms with Crippen molar-refractivity contribution in [3.63, 3.8) is 0 Å². The van der Waals surface area contributed by atoms with Crippen molar-refractivity contribution in [2.45, 2.75) is 18.4 Å². The highest BCUT2D eigenvalue weighted by Gasteiger charge is 2.30. The van der Waals surface area contributed by atoms with Gasteiger partial charge in [-0.05, 0) is 0 Å². The normalized spacial score (nSPS) is 13.8. The number of fused-ring (bicyclic) bond motifs is 1. The number of alkyl halides is 1. The van der Waals surface area contributed by atoms with Crippen molar-refractivity contribution in [1.29, 1.82) is 0 Å². The Morgan fingerprint density at radius 2 is 1.71 bits per heavy atom. The van der Waals surface area contributed by atoms with Crippen LogP contribution in [-0.2, 0) is 5.06 Å². The number of nitrogens with zero attached hydrogens (tertiary/aromatic N) is 1. The first-order valence-electron chi connectivity index (χ1n) is 6.99. The Morgan fingerprint density at radius 1 is 1.00 bits per heavy atom. The monoisotopic (exact) mass is 297 g/mol. The first-order valence-corrected chi connectivity index (χ1v) is 7.37. The Morgan fingerprint density at radius 3 is 2.48 bits per heavy atom. The van der Waals surface area contributed by atoms with Gasteiger partial charge in [-0.25, -0.2) is 0 Å². The number of aromatic nitrogens is 1. The summed E-state index contributed by atoms with van der Waals surface area (Å²) in [5, 5.41) is 1.17. The molecule has 0 amide bonds.